The molecule has 1 saturated heterocycles. The molecule has 148 valence electrons. The Morgan fingerprint density at radius 1 is 1.30 bits per heavy atom. The van der Waals surface area contributed by atoms with Gasteiger partial charge in [-0.2, -0.15) is 0 Å². The van der Waals surface area contributed by atoms with E-state index < -0.39 is 17.6 Å². The highest BCUT2D eigenvalue weighted by Crippen LogP contribution is 2.27. The molecule has 2 N–H and O–H groups in total. The van der Waals surface area contributed by atoms with Crippen molar-refractivity contribution < 1.29 is 19.5 Å². The lowest BCUT2D eigenvalue weighted by Crippen LogP contribution is -2.57. The predicted molar refractivity (Wildman–Crippen MR) is 97.3 cm³/mol. The summed E-state index contributed by atoms with van der Waals surface area (Å²) in [5.74, 6) is 0.486. The van der Waals surface area contributed by atoms with E-state index in [9.17, 15) is 14.4 Å². The highest BCUT2D eigenvalue weighted by atomic mass is 16.4. The topological polar surface area (TPSA) is 108 Å². The summed E-state index contributed by atoms with van der Waals surface area (Å²) in [4.78, 5) is 44.3. The molecule has 27 heavy (non-hydrogen) atoms. The van der Waals surface area contributed by atoms with E-state index in [1.165, 1.54) is 0 Å². The number of aromatic nitrogens is 2. The van der Waals surface area contributed by atoms with Crippen LogP contribution in [0.5, 0.6) is 0 Å². The highest BCUT2D eigenvalue weighted by molar-refractivity contribution is 5.86. The predicted octanol–water partition coefficient (Wildman–Crippen LogP) is 1.65. The number of carbonyl (C=O) groups is 3. The molecule has 0 unspecified atom stereocenters. The van der Waals surface area contributed by atoms with E-state index >= 15 is 0 Å². The van der Waals surface area contributed by atoms with Crippen LogP contribution in [0.4, 0.5) is 9.59 Å². The molecule has 0 aliphatic carbocycles. The van der Waals surface area contributed by atoms with Gasteiger partial charge in [0.25, 0.3) is 0 Å². The SMILES string of the molecule is Cc1ncc2n1C(=O)N(C1CCN(C(=O)[C@H](NC(=O)O)C(C)(C)C)CC1)C2. The molecule has 2 aliphatic heterocycles. The number of aryl methyl sites for hydroxylation is 1. The summed E-state index contributed by atoms with van der Waals surface area (Å²) in [5, 5.41) is 11.4. The summed E-state index contributed by atoms with van der Waals surface area (Å²) in [6, 6.07) is -0.777. The fourth-order valence-corrected chi connectivity index (χ4v) is 3.87. The van der Waals surface area contributed by atoms with Crippen molar-refractivity contribution in [3.8, 4) is 0 Å². The molecule has 1 aromatic rings. The van der Waals surface area contributed by atoms with Crippen LogP contribution < -0.4 is 5.32 Å². The normalized spacial score (nSPS) is 19.2. The summed E-state index contributed by atoms with van der Waals surface area (Å²) >= 11 is 0. The average Bonchev–Trinajstić information content (AvgIpc) is 3.12. The summed E-state index contributed by atoms with van der Waals surface area (Å²) in [5.41, 5.74) is 0.375. The van der Waals surface area contributed by atoms with Crippen LogP contribution in [-0.2, 0) is 11.3 Å². The van der Waals surface area contributed by atoms with Crippen molar-refractivity contribution >= 4 is 18.0 Å². The first-order valence-electron chi connectivity index (χ1n) is 9.22. The third kappa shape index (κ3) is 3.63. The van der Waals surface area contributed by atoms with Gasteiger partial charge in [-0.25, -0.2) is 14.6 Å². The van der Waals surface area contributed by atoms with Crippen molar-refractivity contribution in [3.05, 3.63) is 17.7 Å². The maximum absolute atomic E-state index is 12.9. The molecule has 2 aliphatic rings. The number of amides is 3. The molecule has 0 aromatic carbocycles. The number of hydrogen-bond acceptors (Lipinski definition) is 4. The molecule has 1 atom stereocenters. The van der Waals surface area contributed by atoms with Crippen LogP contribution in [0.2, 0.25) is 0 Å². The number of rotatable bonds is 3. The molecule has 0 saturated carbocycles. The van der Waals surface area contributed by atoms with Crippen molar-refractivity contribution in [2.45, 2.75) is 59.2 Å². The van der Waals surface area contributed by atoms with Crippen LogP contribution in [0.1, 0.15) is 45.1 Å². The number of imidazole rings is 1. The van der Waals surface area contributed by atoms with E-state index in [4.69, 9.17) is 5.11 Å². The van der Waals surface area contributed by atoms with Gasteiger partial charge in [-0.3, -0.25) is 9.36 Å². The monoisotopic (exact) mass is 377 g/mol. The Kier molecular flexibility index (Phi) is 4.88. The van der Waals surface area contributed by atoms with Crippen LogP contribution in [0.15, 0.2) is 6.20 Å². The van der Waals surface area contributed by atoms with Crippen molar-refractivity contribution in [1.82, 2.24) is 24.7 Å². The summed E-state index contributed by atoms with van der Waals surface area (Å²) < 4.78 is 1.64. The molecule has 1 fully saturated rings. The number of nitrogens with one attached hydrogen (secondary N) is 1. The van der Waals surface area contributed by atoms with Crippen molar-refractivity contribution in [2.75, 3.05) is 13.1 Å². The Morgan fingerprint density at radius 3 is 2.44 bits per heavy atom. The number of carboxylic acid groups (broad SMARTS) is 1. The van der Waals surface area contributed by atoms with Gasteiger partial charge in [-0.15, -0.1) is 0 Å². The third-order valence-electron chi connectivity index (χ3n) is 5.38. The quantitative estimate of drug-likeness (QED) is 0.833. The van der Waals surface area contributed by atoms with Gasteiger partial charge in [0.1, 0.15) is 11.9 Å². The fraction of sp³-hybridized carbons (Fsp3) is 0.667. The van der Waals surface area contributed by atoms with Gasteiger partial charge in [-0.05, 0) is 25.2 Å². The van der Waals surface area contributed by atoms with Crippen LogP contribution in [0.3, 0.4) is 0 Å². The number of nitrogens with zero attached hydrogens (tertiary/aromatic N) is 4. The zero-order valence-corrected chi connectivity index (χ0v) is 16.2. The van der Waals surface area contributed by atoms with E-state index in [0.717, 1.165) is 5.69 Å². The largest absolute Gasteiger partial charge is 0.465 e. The maximum atomic E-state index is 12.9. The van der Waals surface area contributed by atoms with E-state index in [2.05, 4.69) is 10.3 Å². The van der Waals surface area contributed by atoms with Gasteiger partial charge in [-0.1, -0.05) is 20.8 Å². The van der Waals surface area contributed by atoms with Gasteiger partial charge in [0.2, 0.25) is 5.91 Å². The van der Waals surface area contributed by atoms with E-state index in [1.807, 2.05) is 32.6 Å². The van der Waals surface area contributed by atoms with Gasteiger partial charge in [0, 0.05) is 19.1 Å². The summed E-state index contributed by atoms with van der Waals surface area (Å²) in [6.07, 6.45) is 1.89. The second-order valence-corrected chi connectivity index (χ2v) is 8.35. The van der Waals surface area contributed by atoms with Crippen LogP contribution in [-0.4, -0.2) is 67.7 Å². The minimum Gasteiger partial charge on any atom is -0.465 e. The highest BCUT2D eigenvalue weighted by Gasteiger charge is 2.40. The Balaban J connectivity index is 1.63. The summed E-state index contributed by atoms with van der Waals surface area (Å²) in [6.45, 7) is 8.89. The van der Waals surface area contributed by atoms with Gasteiger partial charge in [0.05, 0.1) is 18.4 Å². The molecule has 9 heteroatoms. The Hall–Kier alpha value is -2.58. The standard InChI is InChI=1S/C18H27N5O4/c1-11-19-9-13-10-22(17(27)23(11)13)12-5-7-21(8-6-12)15(24)14(18(2,3)4)20-16(25)26/h9,12,14,20H,5-8,10H2,1-4H3,(H,25,26)/t14-/m0/s1. The second kappa shape index (κ2) is 6.86. The third-order valence-corrected chi connectivity index (χ3v) is 5.38. The minimum absolute atomic E-state index is 0.0510. The first kappa shape index (κ1) is 19.2. The number of piperidine rings is 1. The smallest absolute Gasteiger partial charge is 0.405 e. The fourth-order valence-electron chi connectivity index (χ4n) is 3.87. The lowest BCUT2D eigenvalue weighted by Gasteiger charge is -2.39. The van der Waals surface area contributed by atoms with Crippen LogP contribution in [0, 0.1) is 12.3 Å². The molecule has 3 heterocycles. The van der Waals surface area contributed by atoms with Gasteiger partial charge < -0.3 is 20.2 Å². The molecule has 0 spiro atoms. The lowest BCUT2D eigenvalue weighted by atomic mass is 9.85. The van der Waals surface area contributed by atoms with Crippen molar-refractivity contribution in [1.29, 1.82) is 0 Å². The molecule has 9 nitrogen and oxygen atoms in total. The molecule has 0 radical (unpaired) electrons. The molecule has 1 aromatic heterocycles. The molecular weight excluding hydrogens is 350 g/mol. The maximum Gasteiger partial charge on any atom is 0.405 e. The van der Waals surface area contributed by atoms with E-state index in [-0.39, 0.29) is 18.0 Å². The zero-order valence-electron chi connectivity index (χ0n) is 16.2. The zero-order chi connectivity index (χ0) is 19.9. The molecule has 0 bridgehead atoms. The van der Waals surface area contributed by atoms with Crippen molar-refractivity contribution in [2.24, 2.45) is 5.41 Å². The Morgan fingerprint density at radius 2 is 1.93 bits per heavy atom. The Labute approximate surface area is 158 Å². The first-order chi connectivity index (χ1) is 12.6. The minimum atomic E-state index is -1.20. The van der Waals surface area contributed by atoms with Crippen LogP contribution in [0.25, 0.3) is 0 Å². The molecular formula is C18H27N5O4. The van der Waals surface area contributed by atoms with Gasteiger partial charge in [0.15, 0.2) is 0 Å². The lowest BCUT2D eigenvalue weighted by molar-refractivity contribution is -0.137. The van der Waals surface area contributed by atoms with Gasteiger partial charge >= 0.3 is 12.1 Å². The Bertz CT molecular complexity index is 758. The second-order valence-electron chi connectivity index (χ2n) is 8.35. The average molecular weight is 377 g/mol. The number of hydrogen-bond donors (Lipinski definition) is 2. The number of carbonyl (C=O) groups excluding carboxylic acids is 2. The van der Waals surface area contributed by atoms with E-state index in [0.29, 0.717) is 38.3 Å². The molecule has 3 amide bonds. The summed E-state index contributed by atoms with van der Waals surface area (Å²) in [7, 11) is 0. The first-order valence-corrected chi connectivity index (χ1v) is 9.22. The van der Waals surface area contributed by atoms with Crippen LogP contribution >= 0.6 is 0 Å². The molecule has 3 rings (SSSR count). The van der Waals surface area contributed by atoms with E-state index in [1.54, 1.807) is 15.7 Å². The number of fused-ring (bicyclic) bond motifs is 1. The number of likely N-dealkylation sites (tertiary alicyclic amines) is 1. The van der Waals surface area contributed by atoms with Crippen molar-refractivity contribution in [3.63, 3.8) is 0 Å².